The van der Waals surface area contributed by atoms with Crippen molar-refractivity contribution in [1.29, 1.82) is 5.26 Å². The van der Waals surface area contributed by atoms with E-state index in [0.717, 1.165) is 0 Å². The van der Waals surface area contributed by atoms with Crippen molar-refractivity contribution in [2.24, 2.45) is 0 Å². The Bertz CT molecular complexity index is 233. The molecule has 0 saturated heterocycles. The Kier molecular flexibility index (Phi) is 1.52. The van der Waals surface area contributed by atoms with Gasteiger partial charge < -0.3 is 10.1 Å². The second-order valence-electron chi connectivity index (χ2n) is 1.64. The Morgan fingerprint density at radius 1 is 1.78 bits per heavy atom. The van der Waals surface area contributed by atoms with Gasteiger partial charge in [0.15, 0.2) is 0 Å². The van der Waals surface area contributed by atoms with Crippen LogP contribution in [0.1, 0.15) is 11.3 Å². The molecule has 0 aliphatic rings. The lowest BCUT2D eigenvalue weighted by atomic mass is 10.3. The molecule has 2 N–H and O–H groups in total. The third-order valence-corrected chi connectivity index (χ3v) is 1.11. The Labute approximate surface area is 52.6 Å². The van der Waals surface area contributed by atoms with Crippen molar-refractivity contribution in [1.82, 2.24) is 4.98 Å². The Morgan fingerprint density at radius 3 is 3.00 bits per heavy atom. The first-order valence-electron chi connectivity index (χ1n) is 2.55. The van der Waals surface area contributed by atoms with E-state index < -0.39 is 0 Å². The second-order valence-corrected chi connectivity index (χ2v) is 1.64. The molecule has 1 aromatic heterocycles. The molecule has 0 aromatic carbocycles. The summed E-state index contributed by atoms with van der Waals surface area (Å²) in [5.74, 6) is 0. The molecular formula is C6H6N2O. The van der Waals surface area contributed by atoms with Crippen LogP contribution in [0.2, 0.25) is 0 Å². The van der Waals surface area contributed by atoms with Crippen LogP contribution in [0.3, 0.4) is 0 Å². The fourth-order valence-electron chi connectivity index (χ4n) is 0.639. The highest BCUT2D eigenvalue weighted by atomic mass is 16.3. The predicted octanol–water partition coefficient (Wildman–Crippen LogP) is 0.379. The Balaban J connectivity index is 3.02. The van der Waals surface area contributed by atoms with E-state index in [9.17, 15) is 0 Å². The van der Waals surface area contributed by atoms with Crippen LogP contribution in [-0.2, 0) is 6.61 Å². The minimum Gasteiger partial charge on any atom is -0.390 e. The molecule has 0 bridgehead atoms. The summed E-state index contributed by atoms with van der Waals surface area (Å²) in [7, 11) is 0. The van der Waals surface area contributed by atoms with Crippen molar-refractivity contribution in [3.63, 3.8) is 0 Å². The number of hydrogen-bond acceptors (Lipinski definition) is 2. The number of aliphatic hydroxyl groups excluding tert-OH is 1. The molecule has 3 heteroatoms. The van der Waals surface area contributed by atoms with Crippen molar-refractivity contribution in [2.75, 3.05) is 0 Å². The quantitative estimate of drug-likeness (QED) is 0.565. The number of rotatable bonds is 1. The predicted molar refractivity (Wildman–Crippen MR) is 31.4 cm³/mol. The summed E-state index contributed by atoms with van der Waals surface area (Å²) in [4.78, 5) is 2.73. The van der Waals surface area contributed by atoms with E-state index in [0.29, 0.717) is 11.3 Å². The summed E-state index contributed by atoms with van der Waals surface area (Å²) < 4.78 is 0. The van der Waals surface area contributed by atoms with Gasteiger partial charge in [0.1, 0.15) is 6.07 Å². The van der Waals surface area contributed by atoms with Crippen LogP contribution in [-0.4, -0.2) is 10.1 Å². The third kappa shape index (κ3) is 0.929. The number of nitrogens with one attached hydrogen (secondary N) is 1. The van der Waals surface area contributed by atoms with Crippen molar-refractivity contribution in [3.05, 3.63) is 23.5 Å². The average molecular weight is 122 g/mol. The Hall–Kier alpha value is -1.27. The molecule has 3 nitrogen and oxygen atoms in total. The van der Waals surface area contributed by atoms with Crippen LogP contribution in [0, 0.1) is 11.3 Å². The number of aromatic amines is 1. The molecule has 0 atom stereocenters. The van der Waals surface area contributed by atoms with E-state index in [1.165, 1.54) is 0 Å². The van der Waals surface area contributed by atoms with E-state index in [4.69, 9.17) is 10.4 Å². The van der Waals surface area contributed by atoms with Gasteiger partial charge in [-0.3, -0.25) is 0 Å². The number of aromatic nitrogens is 1. The van der Waals surface area contributed by atoms with Crippen molar-refractivity contribution >= 4 is 0 Å². The van der Waals surface area contributed by atoms with Crippen LogP contribution in [0.15, 0.2) is 12.3 Å². The van der Waals surface area contributed by atoms with Gasteiger partial charge in [-0.25, -0.2) is 0 Å². The second kappa shape index (κ2) is 2.33. The maximum absolute atomic E-state index is 8.56. The van der Waals surface area contributed by atoms with Gasteiger partial charge in [-0.2, -0.15) is 5.26 Å². The van der Waals surface area contributed by atoms with Gasteiger partial charge in [-0.15, -0.1) is 0 Å². The summed E-state index contributed by atoms with van der Waals surface area (Å²) in [5.41, 5.74) is 1.09. The molecular weight excluding hydrogens is 116 g/mol. The van der Waals surface area contributed by atoms with E-state index >= 15 is 0 Å². The summed E-state index contributed by atoms with van der Waals surface area (Å²) in [6.45, 7) is -0.101. The lowest BCUT2D eigenvalue weighted by Gasteiger charge is -1.86. The average Bonchev–Trinajstić information content (AvgIpc) is 2.33. The van der Waals surface area contributed by atoms with Crippen LogP contribution < -0.4 is 0 Å². The van der Waals surface area contributed by atoms with Gasteiger partial charge in [0.05, 0.1) is 17.9 Å². The zero-order valence-electron chi connectivity index (χ0n) is 4.76. The van der Waals surface area contributed by atoms with E-state index in [-0.39, 0.29) is 6.61 Å². The van der Waals surface area contributed by atoms with Crippen LogP contribution in [0.25, 0.3) is 0 Å². The highest BCUT2D eigenvalue weighted by Gasteiger charge is 1.97. The lowest BCUT2D eigenvalue weighted by Crippen LogP contribution is -1.84. The SMILES string of the molecule is N#Cc1cc[nH]c1CO. The normalized spacial score (nSPS) is 8.89. The van der Waals surface area contributed by atoms with Crippen LogP contribution in [0.4, 0.5) is 0 Å². The Morgan fingerprint density at radius 2 is 2.56 bits per heavy atom. The fourth-order valence-corrected chi connectivity index (χ4v) is 0.639. The molecule has 0 saturated carbocycles. The first kappa shape index (κ1) is 5.86. The maximum atomic E-state index is 8.56. The molecule has 0 aliphatic carbocycles. The number of H-pyrrole nitrogens is 1. The first-order chi connectivity index (χ1) is 4.38. The molecule has 0 aliphatic heterocycles. The number of nitrogens with zero attached hydrogens (tertiary/aromatic N) is 1. The van der Waals surface area contributed by atoms with Gasteiger partial charge in [0.25, 0.3) is 0 Å². The molecule has 0 amide bonds. The van der Waals surface area contributed by atoms with E-state index in [1.807, 2.05) is 6.07 Å². The zero-order chi connectivity index (χ0) is 6.69. The molecule has 1 aromatic rings. The zero-order valence-corrected chi connectivity index (χ0v) is 4.76. The van der Waals surface area contributed by atoms with E-state index in [1.54, 1.807) is 12.3 Å². The molecule has 1 rings (SSSR count). The summed E-state index contributed by atoms with van der Waals surface area (Å²) in [6.07, 6.45) is 1.63. The number of aliphatic hydroxyl groups is 1. The molecule has 0 fully saturated rings. The number of nitriles is 1. The lowest BCUT2D eigenvalue weighted by molar-refractivity contribution is 0.277. The van der Waals surface area contributed by atoms with Crippen LogP contribution in [0.5, 0.6) is 0 Å². The molecule has 0 spiro atoms. The molecule has 9 heavy (non-hydrogen) atoms. The maximum Gasteiger partial charge on any atom is 0.101 e. The van der Waals surface area contributed by atoms with Crippen LogP contribution >= 0.6 is 0 Å². The topological polar surface area (TPSA) is 59.8 Å². The van der Waals surface area contributed by atoms with Crippen molar-refractivity contribution in [2.45, 2.75) is 6.61 Å². The molecule has 0 radical (unpaired) electrons. The number of hydrogen-bond donors (Lipinski definition) is 2. The fraction of sp³-hybridized carbons (Fsp3) is 0.167. The van der Waals surface area contributed by atoms with Gasteiger partial charge in [0.2, 0.25) is 0 Å². The first-order valence-corrected chi connectivity index (χ1v) is 2.55. The molecule has 0 unspecified atom stereocenters. The highest BCUT2D eigenvalue weighted by molar-refractivity contribution is 5.32. The minimum atomic E-state index is -0.101. The van der Waals surface area contributed by atoms with Gasteiger partial charge in [-0.1, -0.05) is 0 Å². The summed E-state index contributed by atoms with van der Waals surface area (Å²) in [6, 6.07) is 3.57. The minimum absolute atomic E-state index is 0.101. The molecule has 1 heterocycles. The van der Waals surface area contributed by atoms with Crippen molar-refractivity contribution < 1.29 is 5.11 Å². The van der Waals surface area contributed by atoms with Gasteiger partial charge in [-0.05, 0) is 6.07 Å². The smallest absolute Gasteiger partial charge is 0.101 e. The molecule has 46 valence electrons. The van der Waals surface area contributed by atoms with Gasteiger partial charge in [0, 0.05) is 6.20 Å². The van der Waals surface area contributed by atoms with E-state index in [2.05, 4.69) is 4.98 Å². The van der Waals surface area contributed by atoms with Gasteiger partial charge >= 0.3 is 0 Å². The summed E-state index contributed by atoms with van der Waals surface area (Å²) in [5, 5.41) is 16.9. The highest BCUT2D eigenvalue weighted by Crippen LogP contribution is 2.02. The summed E-state index contributed by atoms with van der Waals surface area (Å²) >= 11 is 0. The standard InChI is InChI=1S/C6H6N2O/c7-3-5-1-2-8-6(5)4-9/h1-2,8-9H,4H2. The third-order valence-electron chi connectivity index (χ3n) is 1.11. The van der Waals surface area contributed by atoms with Crippen molar-refractivity contribution in [3.8, 4) is 6.07 Å². The largest absolute Gasteiger partial charge is 0.390 e. The monoisotopic (exact) mass is 122 g/mol.